The smallest absolute Gasteiger partial charge is 0.244 e. The Kier molecular flexibility index (Phi) is 5.50. The van der Waals surface area contributed by atoms with E-state index in [2.05, 4.69) is 12.0 Å². The van der Waals surface area contributed by atoms with Crippen molar-refractivity contribution in [1.29, 1.82) is 0 Å². The summed E-state index contributed by atoms with van der Waals surface area (Å²) >= 11 is 0. The molecule has 0 aromatic heterocycles. The number of rotatable bonds is 6. The molecule has 0 heterocycles. The van der Waals surface area contributed by atoms with Crippen molar-refractivity contribution in [2.75, 3.05) is 6.54 Å². The van der Waals surface area contributed by atoms with Crippen LogP contribution in [0.4, 0.5) is 5.69 Å². The summed E-state index contributed by atoms with van der Waals surface area (Å²) in [7, 11) is 0. The second-order valence-corrected chi connectivity index (χ2v) is 3.73. The summed E-state index contributed by atoms with van der Waals surface area (Å²) in [6.07, 6.45) is 2.18. The van der Waals surface area contributed by atoms with Gasteiger partial charge in [-0.25, -0.2) is 0 Å². The van der Waals surface area contributed by atoms with Crippen molar-refractivity contribution in [3.8, 4) is 0 Å². The maximum absolute atomic E-state index is 11.5. The van der Waals surface area contributed by atoms with Gasteiger partial charge in [-0.05, 0) is 11.5 Å². The fraction of sp³-hybridized carbons (Fsp3) is 0.500. The quantitative estimate of drug-likeness (QED) is 0.457. The van der Waals surface area contributed by atoms with E-state index in [1.165, 1.54) is 0 Å². The Bertz CT molecular complexity index is 325. The molecule has 0 bridgehead atoms. The predicted molar refractivity (Wildman–Crippen MR) is 62.6 cm³/mol. The zero-order valence-electron chi connectivity index (χ0n) is 9.54. The van der Waals surface area contributed by atoms with Gasteiger partial charge in [0.1, 0.15) is 6.54 Å². The van der Waals surface area contributed by atoms with Gasteiger partial charge in [0.2, 0.25) is 5.69 Å². The summed E-state index contributed by atoms with van der Waals surface area (Å²) in [5.41, 5.74) is 0.491. The van der Waals surface area contributed by atoms with Crippen LogP contribution in [-0.4, -0.2) is 22.6 Å². The van der Waals surface area contributed by atoms with Crippen molar-refractivity contribution in [2.24, 2.45) is 5.11 Å². The molecule has 1 aromatic carbocycles. The second kappa shape index (κ2) is 6.95. The van der Waals surface area contributed by atoms with Crippen molar-refractivity contribution >= 4 is 5.69 Å². The molecule has 0 aliphatic heterocycles. The van der Waals surface area contributed by atoms with Gasteiger partial charge in [0.05, 0.1) is 6.10 Å². The molecule has 1 N–H and O–H groups in total. The zero-order valence-corrected chi connectivity index (χ0v) is 9.54. The Hall–Kier alpha value is -1.42. The Morgan fingerprint density at radius 3 is 2.69 bits per heavy atom. The number of unbranched alkanes of at least 4 members (excludes halogenated alkanes) is 1. The van der Waals surface area contributed by atoms with Crippen LogP contribution in [0.5, 0.6) is 0 Å². The molecule has 1 unspecified atom stereocenters. The molecule has 0 aliphatic carbocycles. The minimum atomic E-state index is -0.514. The largest absolute Gasteiger partial charge is 0.594 e. The maximum Gasteiger partial charge on any atom is 0.244 e. The molecule has 4 heteroatoms. The van der Waals surface area contributed by atoms with Gasteiger partial charge in [-0.15, -0.1) is 0 Å². The highest BCUT2D eigenvalue weighted by molar-refractivity contribution is 5.27. The maximum atomic E-state index is 11.5. The van der Waals surface area contributed by atoms with E-state index in [-0.39, 0.29) is 6.54 Å². The monoisotopic (exact) mass is 222 g/mol. The molecule has 0 saturated carbocycles. The predicted octanol–water partition coefficient (Wildman–Crippen LogP) is 2.83. The molecule has 0 fully saturated rings. The molecule has 1 atom stereocenters. The van der Waals surface area contributed by atoms with E-state index in [0.717, 1.165) is 12.8 Å². The van der Waals surface area contributed by atoms with E-state index >= 15 is 0 Å². The first-order valence-corrected chi connectivity index (χ1v) is 5.61. The van der Waals surface area contributed by atoms with E-state index < -0.39 is 6.10 Å². The lowest BCUT2D eigenvalue weighted by Crippen LogP contribution is -2.11. The molecular weight excluding hydrogens is 204 g/mol. The summed E-state index contributed by atoms with van der Waals surface area (Å²) in [5.74, 6) is 0. The van der Waals surface area contributed by atoms with Crippen LogP contribution >= 0.6 is 0 Å². The summed E-state index contributed by atoms with van der Waals surface area (Å²) < 4.78 is 0. The van der Waals surface area contributed by atoms with Crippen LogP contribution in [0.15, 0.2) is 35.4 Å². The lowest BCUT2D eigenvalue weighted by molar-refractivity contribution is -0.443. The topological polar surface area (TPSA) is 58.7 Å². The standard InChI is InChI=1S/C12H18N2O2/c1-2-3-9-12(15)10-13-14(16)11-7-5-4-6-8-11/h4-8,12,15H,2-3,9-10H2,1H3. The summed E-state index contributed by atoms with van der Waals surface area (Å²) in [6, 6.07) is 8.78. The van der Waals surface area contributed by atoms with Gasteiger partial charge in [0.25, 0.3) is 0 Å². The van der Waals surface area contributed by atoms with E-state index in [1.807, 2.05) is 6.07 Å². The number of nitrogens with zero attached hydrogens (tertiary/aromatic N) is 2. The van der Waals surface area contributed by atoms with Crippen LogP contribution < -0.4 is 0 Å². The minimum absolute atomic E-state index is 0.165. The molecule has 0 amide bonds. The van der Waals surface area contributed by atoms with Crippen molar-refractivity contribution in [2.45, 2.75) is 32.3 Å². The summed E-state index contributed by atoms with van der Waals surface area (Å²) in [4.78, 5) is 0.565. The fourth-order valence-corrected chi connectivity index (χ4v) is 1.34. The molecule has 0 radical (unpaired) electrons. The van der Waals surface area contributed by atoms with Crippen LogP contribution in [0.25, 0.3) is 0 Å². The molecule has 0 aliphatic rings. The molecule has 0 spiro atoms. The third kappa shape index (κ3) is 4.40. The van der Waals surface area contributed by atoms with E-state index in [1.54, 1.807) is 24.3 Å². The summed E-state index contributed by atoms with van der Waals surface area (Å²) in [5, 5.41) is 24.8. The van der Waals surface area contributed by atoms with Crippen molar-refractivity contribution in [1.82, 2.24) is 0 Å². The van der Waals surface area contributed by atoms with Gasteiger partial charge in [-0.3, -0.25) is 0 Å². The fourth-order valence-electron chi connectivity index (χ4n) is 1.34. The number of azo groups is 1. The van der Waals surface area contributed by atoms with Gasteiger partial charge in [0.15, 0.2) is 0 Å². The van der Waals surface area contributed by atoms with Crippen molar-refractivity contribution in [3.05, 3.63) is 35.5 Å². The van der Waals surface area contributed by atoms with Gasteiger partial charge >= 0.3 is 0 Å². The lowest BCUT2D eigenvalue weighted by atomic mass is 10.2. The highest BCUT2D eigenvalue weighted by atomic mass is 16.5. The van der Waals surface area contributed by atoms with Crippen molar-refractivity contribution in [3.63, 3.8) is 0 Å². The Balaban J connectivity index is 2.45. The first kappa shape index (κ1) is 12.6. The van der Waals surface area contributed by atoms with Crippen LogP contribution in [0.3, 0.4) is 0 Å². The Morgan fingerprint density at radius 1 is 1.38 bits per heavy atom. The summed E-state index contributed by atoms with van der Waals surface area (Å²) in [6.45, 7) is 2.23. The van der Waals surface area contributed by atoms with Crippen LogP contribution in [0, 0.1) is 5.21 Å². The zero-order chi connectivity index (χ0) is 11.8. The van der Waals surface area contributed by atoms with Crippen LogP contribution in [0.1, 0.15) is 26.2 Å². The van der Waals surface area contributed by atoms with Crippen molar-refractivity contribution < 1.29 is 9.97 Å². The highest BCUT2D eigenvalue weighted by Crippen LogP contribution is 2.10. The SMILES string of the molecule is CCCCC(O)CN=[N+]([O-])c1ccccc1. The molecule has 1 rings (SSSR count). The Labute approximate surface area is 95.8 Å². The van der Waals surface area contributed by atoms with Gasteiger partial charge in [-0.2, -0.15) is 0 Å². The van der Waals surface area contributed by atoms with Crippen LogP contribution in [-0.2, 0) is 0 Å². The lowest BCUT2D eigenvalue weighted by Gasteiger charge is -2.05. The molecule has 88 valence electrons. The van der Waals surface area contributed by atoms with E-state index in [4.69, 9.17) is 0 Å². The number of benzene rings is 1. The third-order valence-electron chi connectivity index (χ3n) is 2.29. The van der Waals surface area contributed by atoms with E-state index in [0.29, 0.717) is 17.0 Å². The van der Waals surface area contributed by atoms with Gasteiger partial charge in [-0.1, -0.05) is 42.8 Å². The number of aliphatic hydroxyl groups is 1. The Morgan fingerprint density at radius 2 is 2.06 bits per heavy atom. The number of hydrogen-bond donors (Lipinski definition) is 1. The molecule has 16 heavy (non-hydrogen) atoms. The molecule has 1 aromatic rings. The number of hydrogen-bond acceptors (Lipinski definition) is 3. The average molecular weight is 222 g/mol. The van der Waals surface area contributed by atoms with Gasteiger partial charge in [0, 0.05) is 12.1 Å². The average Bonchev–Trinajstić information content (AvgIpc) is 2.34. The molecule has 0 saturated heterocycles. The van der Waals surface area contributed by atoms with Crippen LogP contribution in [0.2, 0.25) is 0 Å². The molecule has 4 nitrogen and oxygen atoms in total. The van der Waals surface area contributed by atoms with Gasteiger partial charge < -0.3 is 10.3 Å². The number of para-hydroxylation sites is 1. The first-order chi connectivity index (χ1) is 7.74. The van der Waals surface area contributed by atoms with E-state index in [9.17, 15) is 10.3 Å². The molecular formula is C12H18N2O2. The number of aliphatic hydroxyl groups excluding tert-OH is 1. The minimum Gasteiger partial charge on any atom is -0.594 e. The first-order valence-electron chi connectivity index (χ1n) is 5.61. The third-order valence-corrected chi connectivity index (χ3v) is 2.29. The normalized spacial score (nSPS) is 13.8. The second-order valence-electron chi connectivity index (χ2n) is 3.73. The highest BCUT2D eigenvalue weighted by Gasteiger charge is 2.06.